The van der Waals surface area contributed by atoms with E-state index in [1.807, 2.05) is 55.5 Å². The Labute approximate surface area is 113 Å². The second kappa shape index (κ2) is 6.81. The third-order valence-corrected chi connectivity index (χ3v) is 2.75. The predicted octanol–water partition coefficient (Wildman–Crippen LogP) is 3.16. The van der Waals surface area contributed by atoms with Gasteiger partial charge >= 0.3 is 0 Å². The van der Waals surface area contributed by atoms with Gasteiger partial charge < -0.3 is 14.6 Å². The number of aliphatic hydroxyl groups excluding tert-OH is 1. The fraction of sp³-hybridized carbons (Fsp3) is 0.250. The molecule has 0 bridgehead atoms. The van der Waals surface area contributed by atoms with E-state index in [2.05, 4.69) is 0 Å². The Balaban J connectivity index is 2.01. The van der Waals surface area contributed by atoms with Crippen LogP contribution < -0.4 is 9.47 Å². The molecule has 0 heterocycles. The highest BCUT2D eigenvalue weighted by Gasteiger charge is 2.03. The van der Waals surface area contributed by atoms with Crippen LogP contribution in [0, 0.1) is 0 Å². The summed E-state index contributed by atoms with van der Waals surface area (Å²) >= 11 is 0. The molecule has 0 aliphatic carbocycles. The van der Waals surface area contributed by atoms with Crippen LogP contribution >= 0.6 is 0 Å². The van der Waals surface area contributed by atoms with Crippen LogP contribution in [0.5, 0.6) is 11.5 Å². The zero-order chi connectivity index (χ0) is 13.5. The highest BCUT2D eigenvalue weighted by Crippen LogP contribution is 2.27. The zero-order valence-corrected chi connectivity index (χ0v) is 11.0. The van der Waals surface area contributed by atoms with Crippen LogP contribution in [-0.4, -0.2) is 11.7 Å². The normalized spacial score (nSPS) is 10.2. The molecule has 0 unspecified atom stereocenters. The molecule has 0 amide bonds. The molecule has 0 radical (unpaired) electrons. The molecule has 0 saturated heterocycles. The van der Waals surface area contributed by atoms with Gasteiger partial charge in [0.1, 0.15) is 6.61 Å². The number of hydrogen-bond donors (Lipinski definition) is 1. The van der Waals surface area contributed by atoms with Crippen molar-refractivity contribution in [2.24, 2.45) is 0 Å². The highest BCUT2D eigenvalue weighted by molar-refractivity contribution is 5.39. The molecule has 3 nitrogen and oxygen atoms in total. The molecule has 3 heteroatoms. The first-order valence-corrected chi connectivity index (χ1v) is 6.36. The Kier molecular flexibility index (Phi) is 4.81. The summed E-state index contributed by atoms with van der Waals surface area (Å²) < 4.78 is 11.3. The summed E-state index contributed by atoms with van der Waals surface area (Å²) in [6.07, 6.45) is 0. The van der Waals surface area contributed by atoms with Crippen LogP contribution in [0.15, 0.2) is 48.5 Å². The van der Waals surface area contributed by atoms with Crippen LogP contribution in [-0.2, 0) is 13.2 Å². The fourth-order valence-electron chi connectivity index (χ4n) is 1.75. The predicted molar refractivity (Wildman–Crippen MR) is 74.3 cm³/mol. The second-order valence-electron chi connectivity index (χ2n) is 4.14. The molecular weight excluding hydrogens is 240 g/mol. The number of hydrogen-bond acceptors (Lipinski definition) is 3. The first kappa shape index (κ1) is 13.4. The molecule has 2 aromatic rings. The molecule has 2 rings (SSSR count). The van der Waals surface area contributed by atoms with Gasteiger partial charge in [-0.2, -0.15) is 0 Å². The zero-order valence-electron chi connectivity index (χ0n) is 11.0. The van der Waals surface area contributed by atoms with Crippen LogP contribution in [0.25, 0.3) is 0 Å². The van der Waals surface area contributed by atoms with Crippen molar-refractivity contribution in [2.45, 2.75) is 20.1 Å². The van der Waals surface area contributed by atoms with Crippen LogP contribution in [0.3, 0.4) is 0 Å². The van der Waals surface area contributed by atoms with Crippen molar-refractivity contribution in [3.63, 3.8) is 0 Å². The van der Waals surface area contributed by atoms with E-state index in [-0.39, 0.29) is 6.61 Å². The molecule has 2 aromatic carbocycles. The number of rotatable bonds is 6. The largest absolute Gasteiger partial charge is 0.490 e. The fourth-order valence-corrected chi connectivity index (χ4v) is 1.75. The second-order valence-corrected chi connectivity index (χ2v) is 4.14. The van der Waals surface area contributed by atoms with Gasteiger partial charge in [-0.1, -0.05) is 36.4 Å². The van der Waals surface area contributed by atoms with Crippen molar-refractivity contribution in [3.8, 4) is 11.5 Å². The Morgan fingerprint density at radius 3 is 2.00 bits per heavy atom. The van der Waals surface area contributed by atoms with Gasteiger partial charge in [0, 0.05) is 0 Å². The summed E-state index contributed by atoms with van der Waals surface area (Å²) in [6.45, 7) is 3.11. The Morgan fingerprint density at radius 2 is 1.42 bits per heavy atom. The molecule has 0 aliphatic rings. The summed E-state index contributed by atoms with van der Waals surface area (Å²) in [4.78, 5) is 0. The van der Waals surface area contributed by atoms with Crippen LogP contribution in [0.2, 0.25) is 0 Å². The molecule has 0 aromatic heterocycles. The lowest BCUT2D eigenvalue weighted by Gasteiger charge is -2.11. The first-order chi connectivity index (χ1) is 9.33. The molecule has 0 spiro atoms. The number of aliphatic hydroxyl groups is 1. The maximum absolute atomic E-state index is 8.98. The maximum atomic E-state index is 8.98. The lowest BCUT2D eigenvalue weighted by molar-refractivity contribution is 0.269. The lowest BCUT2D eigenvalue weighted by Crippen LogP contribution is -1.99. The number of ether oxygens (including phenoxy) is 2. The Morgan fingerprint density at radius 1 is 0.842 bits per heavy atom. The molecule has 0 fully saturated rings. The molecule has 0 saturated carbocycles. The van der Waals surface area contributed by atoms with Gasteiger partial charge in [-0.15, -0.1) is 0 Å². The van der Waals surface area contributed by atoms with Gasteiger partial charge in [0.2, 0.25) is 0 Å². The summed E-state index contributed by atoms with van der Waals surface area (Å²) in [5.41, 5.74) is 1.96. The van der Waals surface area contributed by atoms with Crippen molar-refractivity contribution >= 4 is 0 Å². The number of para-hydroxylation sites is 2. The minimum atomic E-state index is 0.0638. The van der Waals surface area contributed by atoms with E-state index in [4.69, 9.17) is 14.6 Å². The molecular formula is C16H18O3. The van der Waals surface area contributed by atoms with E-state index < -0.39 is 0 Å². The highest BCUT2D eigenvalue weighted by atomic mass is 16.5. The SMILES string of the molecule is CCOc1ccccc1OCc1ccc(CO)cc1. The van der Waals surface area contributed by atoms with Gasteiger partial charge in [0.05, 0.1) is 13.2 Å². The van der Waals surface area contributed by atoms with E-state index in [0.717, 1.165) is 22.6 Å². The maximum Gasteiger partial charge on any atom is 0.161 e. The average molecular weight is 258 g/mol. The smallest absolute Gasteiger partial charge is 0.161 e. The van der Waals surface area contributed by atoms with Crippen molar-refractivity contribution in [1.82, 2.24) is 0 Å². The minimum Gasteiger partial charge on any atom is -0.490 e. The molecule has 100 valence electrons. The number of benzene rings is 2. The van der Waals surface area contributed by atoms with E-state index in [1.165, 1.54) is 0 Å². The first-order valence-electron chi connectivity index (χ1n) is 6.36. The standard InChI is InChI=1S/C16H18O3/c1-2-18-15-5-3-4-6-16(15)19-12-14-9-7-13(11-17)8-10-14/h3-10,17H,2,11-12H2,1H3. The average Bonchev–Trinajstić information content (AvgIpc) is 2.47. The van der Waals surface area contributed by atoms with Gasteiger partial charge in [-0.3, -0.25) is 0 Å². The van der Waals surface area contributed by atoms with E-state index in [0.29, 0.717) is 13.2 Å². The summed E-state index contributed by atoms with van der Waals surface area (Å²) in [5, 5.41) is 8.98. The minimum absolute atomic E-state index is 0.0638. The third-order valence-electron chi connectivity index (χ3n) is 2.75. The summed E-state index contributed by atoms with van der Waals surface area (Å²) in [7, 11) is 0. The molecule has 1 N–H and O–H groups in total. The van der Waals surface area contributed by atoms with Crippen LogP contribution in [0.1, 0.15) is 18.1 Å². The van der Waals surface area contributed by atoms with Gasteiger partial charge in [0.15, 0.2) is 11.5 Å². The van der Waals surface area contributed by atoms with Crippen molar-refractivity contribution in [3.05, 3.63) is 59.7 Å². The van der Waals surface area contributed by atoms with Crippen LogP contribution in [0.4, 0.5) is 0 Å². The third kappa shape index (κ3) is 3.73. The quantitative estimate of drug-likeness (QED) is 0.865. The summed E-state index contributed by atoms with van der Waals surface area (Å²) in [6, 6.07) is 15.3. The van der Waals surface area contributed by atoms with Gasteiger partial charge in [0.25, 0.3) is 0 Å². The lowest BCUT2D eigenvalue weighted by atomic mass is 10.1. The van der Waals surface area contributed by atoms with Gasteiger partial charge in [-0.05, 0) is 30.2 Å². The van der Waals surface area contributed by atoms with Gasteiger partial charge in [-0.25, -0.2) is 0 Å². The Bertz CT molecular complexity index is 506. The topological polar surface area (TPSA) is 38.7 Å². The molecule has 0 atom stereocenters. The van der Waals surface area contributed by atoms with Crippen molar-refractivity contribution in [2.75, 3.05) is 6.61 Å². The monoisotopic (exact) mass is 258 g/mol. The van der Waals surface area contributed by atoms with E-state index >= 15 is 0 Å². The Hall–Kier alpha value is -2.00. The molecule has 19 heavy (non-hydrogen) atoms. The van der Waals surface area contributed by atoms with Crippen molar-refractivity contribution in [1.29, 1.82) is 0 Å². The summed E-state index contributed by atoms with van der Waals surface area (Å²) in [5.74, 6) is 1.51. The van der Waals surface area contributed by atoms with E-state index in [1.54, 1.807) is 0 Å². The molecule has 0 aliphatic heterocycles. The van der Waals surface area contributed by atoms with E-state index in [9.17, 15) is 0 Å². The van der Waals surface area contributed by atoms with Crippen molar-refractivity contribution < 1.29 is 14.6 Å².